The van der Waals surface area contributed by atoms with Crippen molar-refractivity contribution >= 4 is 5.97 Å². The van der Waals surface area contributed by atoms with Gasteiger partial charge in [0, 0.05) is 5.56 Å². The summed E-state index contributed by atoms with van der Waals surface area (Å²) in [6, 6.07) is 31.3. The van der Waals surface area contributed by atoms with Gasteiger partial charge in [0.2, 0.25) is 0 Å². The SMILES string of the molecule is Cc1ccc(-c2ccccc2-c2ccccc2OCc2ccccc2)c(C(=O)O)c1. The molecule has 0 aliphatic heterocycles. The molecular weight excluding hydrogens is 372 g/mol. The zero-order valence-electron chi connectivity index (χ0n) is 16.7. The largest absolute Gasteiger partial charge is 0.488 e. The highest BCUT2D eigenvalue weighted by Gasteiger charge is 2.17. The van der Waals surface area contributed by atoms with Gasteiger partial charge >= 0.3 is 5.97 Å². The number of aryl methyl sites for hydroxylation is 1. The third-order valence-electron chi connectivity index (χ3n) is 5.04. The molecule has 0 aromatic heterocycles. The Kier molecular flexibility index (Phi) is 5.62. The second-order valence-corrected chi connectivity index (χ2v) is 7.17. The summed E-state index contributed by atoms with van der Waals surface area (Å²) in [6.07, 6.45) is 0. The van der Waals surface area contributed by atoms with Gasteiger partial charge < -0.3 is 9.84 Å². The maximum atomic E-state index is 11.9. The first-order chi connectivity index (χ1) is 14.6. The molecule has 0 spiro atoms. The van der Waals surface area contributed by atoms with Crippen molar-refractivity contribution in [2.24, 2.45) is 0 Å². The van der Waals surface area contributed by atoms with Crippen LogP contribution in [0.1, 0.15) is 21.5 Å². The molecule has 3 heteroatoms. The molecule has 0 bridgehead atoms. The van der Waals surface area contributed by atoms with Gasteiger partial charge in [-0.05, 0) is 41.3 Å². The zero-order chi connectivity index (χ0) is 20.9. The van der Waals surface area contributed by atoms with E-state index in [0.717, 1.165) is 33.6 Å². The van der Waals surface area contributed by atoms with Crippen molar-refractivity contribution in [2.75, 3.05) is 0 Å². The number of ether oxygens (including phenoxy) is 1. The first-order valence-corrected chi connectivity index (χ1v) is 9.83. The van der Waals surface area contributed by atoms with Crippen LogP contribution in [0.3, 0.4) is 0 Å². The molecule has 0 atom stereocenters. The number of hydrogen-bond donors (Lipinski definition) is 1. The molecule has 0 aliphatic carbocycles. The number of para-hydroxylation sites is 1. The van der Waals surface area contributed by atoms with E-state index in [1.807, 2.05) is 97.9 Å². The van der Waals surface area contributed by atoms with E-state index in [2.05, 4.69) is 0 Å². The summed E-state index contributed by atoms with van der Waals surface area (Å²) in [5.74, 6) is -0.171. The molecule has 4 rings (SSSR count). The molecule has 0 aliphatic rings. The Morgan fingerprint density at radius 3 is 2.03 bits per heavy atom. The molecular formula is C27H22O3. The number of benzene rings is 4. The number of carboxylic acids is 1. The number of hydrogen-bond acceptors (Lipinski definition) is 2. The quantitative estimate of drug-likeness (QED) is 0.400. The van der Waals surface area contributed by atoms with Crippen LogP contribution in [0, 0.1) is 6.92 Å². The fourth-order valence-electron chi connectivity index (χ4n) is 3.57. The molecule has 0 fully saturated rings. The predicted molar refractivity (Wildman–Crippen MR) is 120 cm³/mol. The minimum Gasteiger partial charge on any atom is -0.488 e. The molecule has 0 unspecified atom stereocenters. The Morgan fingerprint density at radius 1 is 0.733 bits per heavy atom. The van der Waals surface area contributed by atoms with Crippen LogP contribution in [-0.2, 0) is 6.61 Å². The minimum absolute atomic E-state index is 0.296. The van der Waals surface area contributed by atoms with E-state index in [0.29, 0.717) is 17.7 Å². The maximum absolute atomic E-state index is 11.9. The van der Waals surface area contributed by atoms with Crippen LogP contribution in [0.5, 0.6) is 5.75 Å². The highest BCUT2D eigenvalue weighted by atomic mass is 16.5. The Balaban J connectivity index is 1.78. The summed E-state index contributed by atoms with van der Waals surface area (Å²) in [5, 5.41) is 9.75. The second-order valence-electron chi connectivity index (χ2n) is 7.17. The van der Waals surface area contributed by atoms with Crippen molar-refractivity contribution in [3.63, 3.8) is 0 Å². The fraction of sp³-hybridized carbons (Fsp3) is 0.0741. The molecule has 0 saturated carbocycles. The third kappa shape index (κ3) is 4.11. The minimum atomic E-state index is -0.933. The van der Waals surface area contributed by atoms with E-state index < -0.39 is 5.97 Å². The molecule has 3 nitrogen and oxygen atoms in total. The van der Waals surface area contributed by atoms with Gasteiger partial charge in [0.15, 0.2) is 0 Å². The monoisotopic (exact) mass is 394 g/mol. The number of aromatic carboxylic acids is 1. The molecule has 4 aromatic rings. The Labute approximate surface area is 176 Å². The van der Waals surface area contributed by atoms with Crippen LogP contribution in [0.2, 0.25) is 0 Å². The van der Waals surface area contributed by atoms with Crippen molar-refractivity contribution in [1.82, 2.24) is 0 Å². The lowest BCUT2D eigenvalue weighted by Gasteiger charge is -2.16. The van der Waals surface area contributed by atoms with E-state index in [9.17, 15) is 9.90 Å². The van der Waals surface area contributed by atoms with Crippen molar-refractivity contribution < 1.29 is 14.6 Å². The van der Waals surface area contributed by atoms with E-state index in [-0.39, 0.29) is 0 Å². The highest BCUT2D eigenvalue weighted by molar-refractivity contribution is 5.99. The van der Waals surface area contributed by atoms with Gasteiger partial charge in [-0.3, -0.25) is 0 Å². The van der Waals surface area contributed by atoms with Crippen LogP contribution in [-0.4, -0.2) is 11.1 Å². The summed E-state index contributed by atoms with van der Waals surface area (Å²) in [6.45, 7) is 2.36. The average molecular weight is 394 g/mol. The van der Waals surface area contributed by atoms with Gasteiger partial charge in [0.05, 0.1) is 5.56 Å². The summed E-state index contributed by atoms with van der Waals surface area (Å²) >= 11 is 0. The van der Waals surface area contributed by atoms with Crippen LogP contribution in [0.15, 0.2) is 97.1 Å². The molecule has 148 valence electrons. The zero-order valence-corrected chi connectivity index (χ0v) is 16.7. The lowest BCUT2D eigenvalue weighted by Crippen LogP contribution is -2.01. The Morgan fingerprint density at radius 2 is 1.33 bits per heavy atom. The molecule has 0 saturated heterocycles. The van der Waals surface area contributed by atoms with Gasteiger partial charge in [-0.15, -0.1) is 0 Å². The van der Waals surface area contributed by atoms with Crippen molar-refractivity contribution in [2.45, 2.75) is 13.5 Å². The molecule has 4 aromatic carbocycles. The topological polar surface area (TPSA) is 46.5 Å². The maximum Gasteiger partial charge on any atom is 0.336 e. The Hall–Kier alpha value is -3.85. The smallest absolute Gasteiger partial charge is 0.336 e. The van der Waals surface area contributed by atoms with Gasteiger partial charge in [0.25, 0.3) is 0 Å². The number of rotatable bonds is 6. The van der Waals surface area contributed by atoms with Crippen LogP contribution < -0.4 is 4.74 Å². The predicted octanol–water partition coefficient (Wildman–Crippen LogP) is 6.61. The van der Waals surface area contributed by atoms with Gasteiger partial charge in [-0.25, -0.2) is 4.79 Å². The van der Waals surface area contributed by atoms with E-state index >= 15 is 0 Å². The van der Waals surface area contributed by atoms with E-state index in [1.165, 1.54) is 0 Å². The summed E-state index contributed by atoms with van der Waals surface area (Å²) in [7, 11) is 0. The van der Waals surface area contributed by atoms with Gasteiger partial charge in [0.1, 0.15) is 12.4 Å². The summed E-state index contributed by atoms with van der Waals surface area (Å²) < 4.78 is 6.15. The molecule has 0 amide bonds. The van der Waals surface area contributed by atoms with Crippen molar-refractivity contribution in [1.29, 1.82) is 0 Å². The first-order valence-electron chi connectivity index (χ1n) is 9.83. The van der Waals surface area contributed by atoms with Crippen LogP contribution in [0.25, 0.3) is 22.3 Å². The average Bonchev–Trinajstić information content (AvgIpc) is 2.78. The molecule has 0 heterocycles. The molecule has 0 radical (unpaired) electrons. The van der Waals surface area contributed by atoms with Crippen molar-refractivity contribution in [3.05, 3.63) is 114 Å². The van der Waals surface area contributed by atoms with Crippen LogP contribution in [0.4, 0.5) is 0 Å². The van der Waals surface area contributed by atoms with Gasteiger partial charge in [-0.1, -0.05) is 90.5 Å². The molecule has 1 N–H and O–H groups in total. The van der Waals surface area contributed by atoms with E-state index in [4.69, 9.17) is 4.74 Å². The number of carboxylic acid groups (broad SMARTS) is 1. The second kappa shape index (κ2) is 8.66. The first kappa shape index (κ1) is 19.5. The number of carbonyl (C=O) groups is 1. The van der Waals surface area contributed by atoms with Crippen molar-refractivity contribution in [3.8, 4) is 28.0 Å². The van der Waals surface area contributed by atoms with Gasteiger partial charge in [-0.2, -0.15) is 0 Å². The highest BCUT2D eigenvalue weighted by Crippen LogP contribution is 2.38. The Bertz CT molecular complexity index is 1180. The third-order valence-corrected chi connectivity index (χ3v) is 5.04. The lowest BCUT2D eigenvalue weighted by molar-refractivity contribution is 0.0697. The lowest BCUT2D eigenvalue weighted by atomic mass is 9.90. The molecule has 30 heavy (non-hydrogen) atoms. The van der Waals surface area contributed by atoms with Crippen LogP contribution >= 0.6 is 0 Å². The van der Waals surface area contributed by atoms with E-state index in [1.54, 1.807) is 6.07 Å². The summed E-state index contributed by atoms with van der Waals surface area (Å²) in [4.78, 5) is 11.9. The summed E-state index contributed by atoms with van der Waals surface area (Å²) in [5.41, 5.74) is 5.73. The normalized spacial score (nSPS) is 10.6. The fourth-order valence-corrected chi connectivity index (χ4v) is 3.57. The standard InChI is InChI=1S/C27H22O3/c1-19-15-16-23(25(17-19)27(28)29)21-11-5-6-12-22(21)24-13-7-8-14-26(24)30-18-20-9-3-2-4-10-20/h2-17H,18H2,1H3,(H,28,29).